The van der Waals surface area contributed by atoms with Gasteiger partial charge >= 0.3 is 12.1 Å². The molecule has 0 saturated carbocycles. The van der Waals surface area contributed by atoms with Crippen LogP contribution in [0.25, 0.3) is 22.4 Å². The number of aromatic nitrogens is 2. The first-order valence-corrected chi connectivity index (χ1v) is 13.4. The van der Waals surface area contributed by atoms with Crippen LogP contribution in [-0.2, 0) is 29.0 Å². The summed E-state index contributed by atoms with van der Waals surface area (Å²) in [5, 5.41) is 16.6. The van der Waals surface area contributed by atoms with Gasteiger partial charge in [-0.15, -0.1) is 0 Å². The molecule has 0 radical (unpaired) electrons. The summed E-state index contributed by atoms with van der Waals surface area (Å²) in [6.07, 6.45) is -0.161. The van der Waals surface area contributed by atoms with Crippen LogP contribution in [0.15, 0.2) is 72.8 Å². The molecule has 0 unspecified atom stereocenters. The summed E-state index contributed by atoms with van der Waals surface area (Å²) < 4.78 is 12.9. The van der Waals surface area contributed by atoms with Crippen LogP contribution < -0.4 is 10.1 Å². The molecule has 1 aromatic heterocycles. The molecule has 1 heterocycles. The van der Waals surface area contributed by atoms with Crippen LogP contribution in [0.4, 0.5) is 4.79 Å². The second-order valence-corrected chi connectivity index (χ2v) is 9.53. The molecule has 8 nitrogen and oxygen atoms in total. The Hall–Kier alpha value is -4.59. The van der Waals surface area contributed by atoms with E-state index in [4.69, 9.17) is 19.7 Å². The van der Waals surface area contributed by atoms with Gasteiger partial charge in [0.2, 0.25) is 0 Å². The van der Waals surface area contributed by atoms with E-state index in [2.05, 4.69) is 60.8 Å². The Morgan fingerprint density at radius 1 is 0.950 bits per heavy atom. The third-order valence-corrected chi connectivity index (χ3v) is 6.67. The molecular formula is C32H35N3O5. The highest BCUT2D eigenvalue weighted by Crippen LogP contribution is 2.27. The highest BCUT2D eigenvalue weighted by Gasteiger charge is 2.11. The van der Waals surface area contributed by atoms with Gasteiger partial charge in [0.05, 0.1) is 18.8 Å². The third-order valence-electron chi connectivity index (χ3n) is 6.67. The van der Waals surface area contributed by atoms with Crippen LogP contribution in [0.5, 0.6) is 5.75 Å². The van der Waals surface area contributed by atoms with E-state index in [1.165, 1.54) is 16.7 Å². The normalized spacial score (nSPS) is 10.8. The number of carboxylic acids is 1. The quantitative estimate of drug-likeness (QED) is 0.222. The number of benzene rings is 3. The van der Waals surface area contributed by atoms with E-state index in [1.54, 1.807) is 6.92 Å². The Balaban J connectivity index is 1.39. The first kappa shape index (κ1) is 28.4. The fourth-order valence-corrected chi connectivity index (χ4v) is 4.54. The fraction of sp³-hybridized carbons (Fsp3) is 0.281. The average Bonchev–Trinajstić information content (AvgIpc) is 3.32. The van der Waals surface area contributed by atoms with E-state index in [0.717, 1.165) is 28.1 Å². The molecule has 0 atom stereocenters. The molecule has 0 aliphatic heterocycles. The van der Waals surface area contributed by atoms with Crippen LogP contribution in [-0.4, -0.2) is 40.2 Å². The van der Waals surface area contributed by atoms with Gasteiger partial charge in [-0.25, -0.2) is 4.79 Å². The molecule has 0 spiro atoms. The smallest absolute Gasteiger partial charge is 0.407 e. The Morgan fingerprint density at radius 3 is 2.42 bits per heavy atom. The van der Waals surface area contributed by atoms with Gasteiger partial charge in [0.1, 0.15) is 12.4 Å². The van der Waals surface area contributed by atoms with E-state index >= 15 is 0 Å². The molecule has 0 bridgehead atoms. The largest absolute Gasteiger partial charge is 0.492 e. The first-order chi connectivity index (χ1) is 19.3. The van der Waals surface area contributed by atoms with Crippen molar-refractivity contribution < 1.29 is 24.2 Å². The summed E-state index contributed by atoms with van der Waals surface area (Å²) in [7, 11) is 0. The number of ether oxygens (including phenoxy) is 2. The Labute approximate surface area is 234 Å². The Bertz CT molecular complexity index is 1460. The number of alkyl carbamates (subject to hydrolysis) is 1. The van der Waals surface area contributed by atoms with Gasteiger partial charge in [-0.05, 0) is 73.2 Å². The van der Waals surface area contributed by atoms with E-state index in [0.29, 0.717) is 25.3 Å². The monoisotopic (exact) mass is 541 g/mol. The summed E-state index contributed by atoms with van der Waals surface area (Å²) >= 11 is 0. The molecular weight excluding hydrogens is 506 g/mol. The third kappa shape index (κ3) is 7.50. The van der Waals surface area contributed by atoms with Crippen LogP contribution in [0, 0.1) is 13.8 Å². The lowest BCUT2D eigenvalue weighted by Gasteiger charge is -2.14. The standard InChI is InChI=1S/C32H35N3O5/c1-4-39-32(38)33-21-27-20-28(15-13-24(27)14-16-31(36)37)40-18-17-35-23(3)19-30(34-35)26-11-9-25(10-12-26)29-8-6-5-7-22(29)2/h5-13,15,19-20H,4,14,16-18,21H2,1-3H3,(H,33,38)(H,36,37). The zero-order chi connectivity index (χ0) is 28.5. The lowest BCUT2D eigenvalue weighted by atomic mass is 9.99. The fourth-order valence-electron chi connectivity index (χ4n) is 4.54. The minimum atomic E-state index is -0.874. The highest BCUT2D eigenvalue weighted by atomic mass is 16.5. The van der Waals surface area contributed by atoms with Crippen molar-refractivity contribution in [2.75, 3.05) is 13.2 Å². The number of hydrogen-bond donors (Lipinski definition) is 2. The van der Waals surface area contributed by atoms with E-state index in [-0.39, 0.29) is 19.6 Å². The molecule has 0 aliphatic carbocycles. The van der Waals surface area contributed by atoms with Gasteiger partial charge in [-0.1, -0.05) is 54.6 Å². The lowest BCUT2D eigenvalue weighted by Crippen LogP contribution is -2.24. The van der Waals surface area contributed by atoms with Crippen molar-refractivity contribution in [3.05, 3.63) is 95.2 Å². The number of carbonyl (C=O) groups is 2. The van der Waals surface area contributed by atoms with Crippen molar-refractivity contribution in [3.8, 4) is 28.1 Å². The van der Waals surface area contributed by atoms with Crippen molar-refractivity contribution in [1.82, 2.24) is 15.1 Å². The van der Waals surface area contributed by atoms with Gasteiger partial charge in [0.15, 0.2) is 0 Å². The molecule has 1 amide bonds. The summed E-state index contributed by atoms with van der Waals surface area (Å²) in [5.41, 5.74) is 8.27. The van der Waals surface area contributed by atoms with Crippen molar-refractivity contribution >= 4 is 12.1 Å². The van der Waals surface area contributed by atoms with Crippen molar-refractivity contribution in [2.24, 2.45) is 0 Å². The van der Waals surface area contributed by atoms with E-state index in [9.17, 15) is 9.59 Å². The maximum Gasteiger partial charge on any atom is 0.407 e. The molecule has 40 heavy (non-hydrogen) atoms. The number of carboxylic acid groups (broad SMARTS) is 1. The molecule has 4 aromatic rings. The van der Waals surface area contributed by atoms with Crippen LogP contribution in [0.1, 0.15) is 35.7 Å². The Kier molecular flexibility index (Phi) is 9.57. The minimum Gasteiger partial charge on any atom is -0.492 e. The molecule has 4 rings (SSSR count). The average molecular weight is 542 g/mol. The Morgan fingerprint density at radius 2 is 1.70 bits per heavy atom. The van der Waals surface area contributed by atoms with Crippen LogP contribution in [0.3, 0.4) is 0 Å². The SMILES string of the molecule is CCOC(=O)NCc1cc(OCCn2nc(-c3ccc(-c4ccccc4C)cc3)cc2C)ccc1CCC(=O)O. The van der Waals surface area contributed by atoms with E-state index < -0.39 is 12.1 Å². The number of nitrogens with zero attached hydrogens (tertiary/aromatic N) is 2. The molecule has 0 saturated heterocycles. The minimum absolute atomic E-state index is 0.00213. The molecule has 3 aromatic carbocycles. The van der Waals surface area contributed by atoms with Gasteiger partial charge in [-0.2, -0.15) is 5.10 Å². The predicted molar refractivity (Wildman–Crippen MR) is 154 cm³/mol. The van der Waals surface area contributed by atoms with E-state index in [1.807, 2.05) is 35.9 Å². The molecule has 0 aliphatic rings. The second-order valence-electron chi connectivity index (χ2n) is 9.53. The first-order valence-electron chi connectivity index (χ1n) is 13.4. The van der Waals surface area contributed by atoms with Gasteiger partial charge in [0.25, 0.3) is 0 Å². The number of hydrogen-bond acceptors (Lipinski definition) is 5. The van der Waals surface area contributed by atoms with Crippen LogP contribution in [0.2, 0.25) is 0 Å². The molecule has 208 valence electrons. The summed E-state index contributed by atoms with van der Waals surface area (Å²) in [5.74, 6) is -0.239. The lowest BCUT2D eigenvalue weighted by molar-refractivity contribution is -0.136. The molecule has 2 N–H and O–H groups in total. The van der Waals surface area contributed by atoms with Crippen molar-refractivity contribution in [3.63, 3.8) is 0 Å². The summed E-state index contributed by atoms with van der Waals surface area (Å²) in [6, 6.07) is 24.4. The number of rotatable bonds is 12. The zero-order valence-corrected chi connectivity index (χ0v) is 23.1. The number of nitrogens with one attached hydrogen (secondary N) is 1. The van der Waals surface area contributed by atoms with Crippen molar-refractivity contribution in [1.29, 1.82) is 0 Å². The van der Waals surface area contributed by atoms with Gasteiger partial charge < -0.3 is 19.9 Å². The summed E-state index contributed by atoms with van der Waals surface area (Å²) in [6.45, 7) is 7.32. The second kappa shape index (κ2) is 13.5. The predicted octanol–water partition coefficient (Wildman–Crippen LogP) is 6.18. The number of aryl methyl sites for hydroxylation is 3. The maximum absolute atomic E-state index is 11.8. The number of aliphatic carboxylic acids is 1. The summed E-state index contributed by atoms with van der Waals surface area (Å²) in [4.78, 5) is 22.8. The topological polar surface area (TPSA) is 103 Å². The van der Waals surface area contributed by atoms with Crippen LogP contribution >= 0.6 is 0 Å². The molecule has 0 fully saturated rings. The number of carbonyl (C=O) groups excluding carboxylic acids is 1. The van der Waals surface area contributed by atoms with Gasteiger partial charge in [0, 0.05) is 24.2 Å². The maximum atomic E-state index is 11.8. The highest BCUT2D eigenvalue weighted by molar-refractivity contribution is 5.71. The van der Waals surface area contributed by atoms with Crippen molar-refractivity contribution in [2.45, 2.75) is 46.7 Å². The van der Waals surface area contributed by atoms with Gasteiger partial charge in [-0.3, -0.25) is 9.48 Å². The number of amides is 1. The zero-order valence-electron chi connectivity index (χ0n) is 23.1. The molecule has 8 heteroatoms.